The Hall–Kier alpha value is -6.49. The highest BCUT2D eigenvalue weighted by Gasteiger charge is 2.50. The fourth-order valence-electron chi connectivity index (χ4n) is 6.01. The molecular formula is C47H56N4O12. The predicted octanol–water partition coefficient (Wildman–Crippen LogP) is 5.89. The number of rotatable bonds is 8. The summed E-state index contributed by atoms with van der Waals surface area (Å²) in [6.07, 6.45) is 1.73. The molecule has 0 unspecified atom stereocenters. The molecule has 2 aliphatic carbocycles. The van der Waals surface area contributed by atoms with E-state index in [0.717, 1.165) is 37.7 Å². The second kappa shape index (κ2) is 21.5. The molecule has 2 saturated carbocycles. The minimum absolute atomic E-state index is 0.0570. The highest BCUT2D eigenvalue weighted by Crippen LogP contribution is 2.37. The summed E-state index contributed by atoms with van der Waals surface area (Å²) < 4.78 is 16.5. The minimum Gasteiger partial charge on any atom is -0.479 e. The van der Waals surface area contributed by atoms with Gasteiger partial charge in [-0.1, -0.05) is 36.4 Å². The number of benzene rings is 4. The highest BCUT2D eigenvalue weighted by molar-refractivity contribution is 5.95. The summed E-state index contributed by atoms with van der Waals surface area (Å²) in [5.74, 6) is 0.483. The minimum atomic E-state index is -1.33. The molecular weight excluding hydrogens is 813 g/mol. The van der Waals surface area contributed by atoms with Crippen LogP contribution >= 0.6 is 0 Å². The number of ether oxygens (including phenoxy) is 3. The van der Waals surface area contributed by atoms with Crippen LogP contribution in [-0.4, -0.2) is 134 Å². The third-order valence-electron chi connectivity index (χ3n) is 10.0. The first kappa shape index (κ1) is 47.6. The molecule has 16 heteroatoms. The van der Waals surface area contributed by atoms with Gasteiger partial charge in [0.1, 0.15) is 34.2 Å². The van der Waals surface area contributed by atoms with E-state index < -0.39 is 23.1 Å². The summed E-state index contributed by atoms with van der Waals surface area (Å²) in [7, 11) is 0. The van der Waals surface area contributed by atoms with Gasteiger partial charge in [-0.3, -0.25) is 9.59 Å². The normalized spacial score (nSPS) is 16.7. The number of aliphatic hydroxyl groups is 2. The van der Waals surface area contributed by atoms with Crippen LogP contribution in [0.3, 0.4) is 0 Å². The Labute approximate surface area is 366 Å². The van der Waals surface area contributed by atoms with Crippen LogP contribution in [0, 0.1) is 0 Å². The molecule has 8 rings (SSSR count). The van der Waals surface area contributed by atoms with Crippen LogP contribution < -0.4 is 14.8 Å². The number of nitrogens with one attached hydrogen (secondary N) is 1. The van der Waals surface area contributed by atoms with Gasteiger partial charge in [-0.05, 0) is 119 Å². The molecule has 2 saturated heterocycles. The zero-order valence-corrected chi connectivity index (χ0v) is 35.8. The number of carboxylic acid groups (broad SMARTS) is 2. The van der Waals surface area contributed by atoms with E-state index in [2.05, 4.69) is 5.32 Å². The standard InChI is InChI=1S/C21H22N2O4.C13H10O3.C9H18N2O2.C4H6O3/c24-19(22-12-14-23(15-13-22)20(25)21(26)10-11-21)16-6-8-18(9-7-16)27-17-4-2-1-3-5-17;14-13(15)10-6-8-12(9-7-10)16-11-4-2-1-3-5-11;1-9(2,3)13-8(12)11-6-4-10-5-7-11;5-3(6)4(7)1-2-4/h1-9,26H,10-15H2;1-9H,(H,14,15);10H,4-7H2,1-3H3;7H,1-2H2,(H,5,6). The van der Waals surface area contributed by atoms with E-state index in [0.29, 0.717) is 68.9 Å². The van der Waals surface area contributed by atoms with Crippen molar-refractivity contribution in [3.63, 3.8) is 0 Å². The molecule has 5 N–H and O–H groups in total. The third kappa shape index (κ3) is 15.1. The maximum absolute atomic E-state index is 12.7. The number of aromatic carboxylic acids is 1. The molecule has 0 radical (unpaired) electrons. The molecule has 0 bridgehead atoms. The van der Waals surface area contributed by atoms with E-state index >= 15 is 0 Å². The largest absolute Gasteiger partial charge is 0.479 e. The van der Waals surface area contributed by atoms with E-state index in [1.165, 1.54) is 12.1 Å². The molecule has 336 valence electrons. The molecule has 0 atom stereocenters. The number of para-hydroxylation sites is 2. The van der Waals surface area contributed by atoms with Gasteiger partial charge in [0.2, 0.25) is 0 Å². The quantitative estimate of drug-likeness (QED) is 0.140. The maximum Gasteiger partial charge on any atom is 0.410 e. The summed E-state index contributed by atoms with van der Waals surface area (Å²) >= 11 is 0. The van der Waals surface area contributed by atoms with Gasteiger partial charge < -0.3 is 54.7 Å². The number of piperazine rings is 2. The van der Waals surface area contributed by atoms with Gasteiger partial charge in [0.25, 0.3) is 11.8 Å². The molecule has 16 nitrogen and oxygen atoms in total. The van der Waals surface area contributed by atoms with Gasteiger partial charge in [-0.2, -0.15) is 0 Å². The SMILES string of the molecule is CC(C)(C)OC(=O)N1CCNCC1.O=C(O)C1(O)CC1.O=C(O)c1ccc(Oc2ccccc2)cc1.O=C(c1ccc(Oc2ccccc2)cc1)N1CCN(C(=O)C2(O)CC2)CC1. The summed E-state index contributed by atoms with van der Waals surface area (Å²) in [5, 5.41) is 38.5. The van der Waals surface area contributed by atoms with Crippen LogP contribution in [0.2, 0.25) is 0 Å². The average Bonchev–Trinajstić information content (AvgIpc) is 4.23. The molecule has 2 heterocycles. The Morgan fingerprint density at radius 1 is 0.540 bits per heavy atom. The second-order valence-electron chi connectivity index (χ2n) is 16.4. The molecule has 63 heavy (non-hydrogen) atoms. The number of carbonyl (C=O) groups is 5. The number of amides is 3. The maximum atomic E-state index is 12.7. The molecule has 4 aromatic carbocycles. The second-order valence-corrected chi connectivity index (χ2v) is 16.4. The lowest BCUT2D eigenvalue weighted by Crippen LogP contribution is -2.53. The summed E-state index contributed by atoms with van der Waals surface area (Å²) in [5.41, 5.74) is -2.01. The molecule has 3 amide bonds. The van der Waals surface area contributed by atoms with Crippen LogP contribution in [0.5, 0.6) is 23.0 Å². The van der Waals surface area contributed by atoms with E-state index in [9.17, 15) is 29.1 Å². The Balaban J connectivity index is 0.000000176. The summed E-state index contributed by atoms with van der Waals surface area (Å²) in [6.45, 7) is 10.7. The number of hydrogen-bond acceptors (Lipinski definition) is 11. The van der Waals surface area contributed by atoms with Gasteiger partial charge in [0.15, 0.2) is 5.60 Å². The Kier molecular flexibility index (Phi) is 16.3. The molecule has 4 fully saturated rings. The number of carbonyl (C=O) groups excluding carboxylic acids is 3. The van der Waals surface area contributed by atoms with Crippen LogP contribution in [0.4, 0.5) is 4.79 Å². The number of hydrogen-bond donors (Lipinski definition) is 5. The smallest absolute Gasteiger partial charge is 0.410 e. The van der Waals surface area contributed by atoms with Gasteiger partial charge in [-0.25, -0.2) is 14.4 Å². The van der Waals surface area contributed by atoms with Crippen molar-refractivity contribution in [2.24, 2.45) is 0 Å². The monoisotopic (exact) mass is 868 g/mol. The molecule has 2 aliphatic heterocycles. The summed E-state index contributed by atoms with van der Waals surface area (Å²) in [6, 6.07) is 32.2. The Bertz CT molecular complexity index is 2120. The lowest BCUT2D eigenvalue weighted by molar-refractivity contribution is -0.149. The fourth-order valence-corrected chi connectivity index (χ4v) is 6.01. The summed E-state index contributed by atoms with van der Waals surface area (Å²) in [4.78, 5) is 62.0. The topological polar surface area (TPSA) is 216 Å². The first-order chi connectivity index (χ1) is 29.9. The number of carboxylic acids is 2. The Morgan fingerprint density at radius 2 is 0.952 bits per heavy atom. The zero-order valence-electron chi connectivity index (χ0n) is 35.8. The fraction of sp³-hybridized carbons (Fsp3) is 0.383. The third-order valence-corrected chi connectivity index (χ3v) is 10.0. The molecule has 4 aliphatic rings. The Morgan fingerprint density at radius 3 is 1.33 bits per heavy atom. The van der Waals surface area contributed by atoms with Crippen LogP contribution in [0.25, 0.3) is 0 Å². The predicted molar refractivity (Wildman–Crippen MR) is 232 cm³/mol. The van der Waals surface area contributed by atoms with Crippen LogP contribution in [0.1, 0.15) is 67.2 Å². The van der Waals surface area contributed by atoms with Crippen molar-refractivity contribution in [1.82, 2.24) is 20.0 Å². The van der Waals surface area contributed by atoms with Crippen molar-refractivity contribution in [2.45, 2.75) is 63.3 Å². The van der Waals surface area contributed by atoms with Gasteiger partial charge in [-0.15, -0.1) is 0 Å². The van der Waals surface area contributed by atoms with Crippen molar-refractivity contribution >= 4 is 29.8 Å². The number of aliphatic carboxylic acids is 1. The first-order valence-electron chi connectivity index (χ1n) is 20.8. The van der Waals surface area contributed by atoms with Crippen molar-refractivity contribution < 1.29 is 58.6 Å². The van der Waals surface area contributed by atoms with E-state index in [4.69, 9.17) is 29.5 Å². The first-order valence-corrected chi connectivity index (χ1v) is 20.8. The van der Waals surface area contributed by atoms with Crippen LogP contribution in [0.15, 0.2) is 109 Å². The van der Waals surface area contributed by atoms with Crippen molar-refractivity contribution in [3.05, 3.63) is 120 Å². The molecule has 0 spiro atoms. The van der Waals surface area contributed by atoms with Gasteiger partial charge in [0.05, 0.1) is 5.56 Å². The van der Waals surface area contributed by atoms with E-state index in [1.807, 2.05) is 81.4 Å². The molecule has 0 aromatic heterocycles. The lowest BCUT2D eigenvalue weighted by Gasteiger charge is -2.35. The number of nitrogens with zero attached hydrogens (tertiary/aromatic N) is 3. The van der Waals surface area contributed by atoms with E-state index in [-0.39, 0.29) is 29.1 Å². The average molecular weight is 869 g/mol. The van der Waals surface area contributed by atoms with Gasteiger partial charge >= 0.3 is 18.0 Å². The van der Waals surface area contributed by atoms with Gasteiger partial charge in [0, 0.05) is 57.9 Å². The van der Waals surface area contributed by atoms with E-state index in [1.54, 1.807) is 51.1 Å². The van der Waals surface area contributed by atoms with Crippen molar-refractivity contribution in [3.8, 4) is 23.0 Å². The zero-order chi connectivity index (χ0) is 45.6. The van der Waals surface area contributed by atoms with Crippen LogP contribution in [-0.2, 0) is 14.3 Å². The van der Waals surface area contributed by atoms with Crippen molar-refractivity contribution in [1.29, 1.82) is 0 Å². The van der Waals surface area contributed by atoms with Crippen molar-refractivity contribution in [2.75, 3.05) is 52.4 Å². The highest BCUT2D eigenvalue weighted by atomic mass is 16.6. The molecule has 4 aromatic rings. The lowest BCUT2D eigenvalue weighted by atomic mass is 10.1.